The molecular formula is C15H18N10O. The van der Waals surface area contributed by atoms with Gasteiger partial charge in [0, 0.05) is 40.1 Å². The minimum atomic E-state index is -0.321. The Labute approximate surface area is 149 Å². The lowest BCUT2D eigenvalue weighted by Gasteiger charge is -2.11. The van der Waals surface area contributed by atoms with E-state index in [1.807, 2.05) is 18.4 Å². The van der Waals surface area contributed by atoms with Crippen LogP contribution in [0.15, 0.2) is 34.8 Å². The van der Waals surface area contributed by atoms with Gasteiger partial charge in [0.2, 0.25) is 0 Å². The zero-order valence-corrected chi connectivity index (χ0v) is 14.4. The van der Waals surface area contributed by atoms with E-state index in [1.54, 1.807) is 18.5 Å². The number of aromatic nitrogens is 3. The van der Waals surface area contributed by atoms with E-state index in [-0.39, 0.29) is 24.2 Å². The van der Waals surface area contributed by atoms with Crippen molar-refractivity contribution in [1.29, 1.82) is 0 Å². The molecule has 134 valence electrons. The summed E-state index contributed by atoms with van der Waals surface area (Å²) in [5.74, 6) is 0.463. The highest BCUT2D eigenvalue weighted by molar-refractivity contribution is 5.95. The number of hydrogen-bond acceptors (Lipinski definition) is 5. The summed E-state index contributed by atoms with van der Waals surface area (Å²) in [5.41, 5.74) is 18.2. The van der Waals surface area contributed by atoms with Crippen molar-refractivity contribution in [2.24, 2.45) is 10.2 Å². The van der Waals surface area contributed by atoms with Crippen LogP contribution >= 0.6 is 0 Å². The fraction of sp³-hybridized carbons (Fsp3) is 0.400. The van der Waals surface area contributed by atoms with E-state index in [2.05, 4.69) is 35.6 Å². The third kappa shape index (κ3) is 4.97. The van der Waals surface area contributed by atoms with Gasteiger partial charge in [-0.3, -0.25) is 4.79 Å². The van der Waals surface area contributed by atoms with Crippen molar-refractivity contribution in [3.05, 3.63) is 62.4 Å². The molecule has 11 heteroatoms. The fourth-order valence-corrected chi connectivity index (χ4v) is 2.39. The Bertz CT molecular complexity index is 874. The van der Waals surface area contributed by atoms with Crippen LogP contribution in [0.25, 0.3) is 20.9 Å². The predicted molar refractivity (Wildman–Crippen MR) is 94.5 cm³/mol. The van der Waals surface area contributed by atoms with E-state index in [9.17, 15) is 4.79 Å². The standard InChI is InChI=1S/C15H18N10O/c1-10(2)25-9-20-22-14(25)3-4-18-15(26)12-5-11(8-19-23-16)6-13(7-12)21-24-17/h5-7,9-10H,3-4,8H2,1-2H3,(H,18,26). The molecule has 0 aliphatic carbocycles. The summed E-state index contributed by atoms with van der Waals surface area (Å²) >= 11 is 0. The van der Waals surface area contributed by atoms with E-state index in [4.69, 9.17) is 11.1 Å². The summed E-state index contributed by atoms with van der Waals surface area (Å²) in [6.07, 6.45) is 2.19. The average molecular weight is 354 g/mol. The molecule has 1 amide bonds. The molecule has 1 N–H and O–H groups in total. The van der Waals surface area contributed by atoms with Gasteiger partial charge in [0.05, 0.1) is 6.54 Å². The molecule has 0 fully saturated rings. The summed E-state index contributed by atoms with van der Waals surface area (Å²) in [6.45, 7) is 4.49. The number of rotatable bonds is 8. The van der Waals surface area contributed by atoms with Gasteiger partial charge in [0.15, 0.2) is 0 Å². The number of carbonyl (C=O) groups excluding carboxylic acids is 1. The highest BCUT2D eigenvalue weighted by atomic mass is 16.1. The molecule has 1 aromatic carbocycles. The SMILES string of the molecule is CC(C)n1cnnc1CCNC(=O)c1cc(CN=[N+]=[N-])cc(N=[N+]=[N-])c1. The third-order valence-corrected chi connectivity index (χ3v) is 3.55. The summed E-state index contributed by atoms with van der Waals surface area (Å²) in [6, 6.07) is 4.87. The maximum Gasteiger partial charge on any atom is 0.251 e. The van der Waals surface area contributed by atoms with Crippen LogP contribution in [0, 0.1) is 0 Å². The molecule has 0 aliphatic heterocycles. The van der Waals surface area contributed by atoms with Gasteiger partial charge < -0.3 is 9.88 Å². The lowest BCUT2D eigenvalue weighted by molar-refractivity contribution is 0.0954. The second-order valence-corrected chi connectivity index (χ2v) is 5.72. The Hall–Kier alpha value is -3.55. The smallest absolute Gasteiger partial charge is 0.251 e. The van der Waals surface area contributed by atoms with Gasteiger partial charge in [-0.1, -0.05) is 10.2 Å². The van der Waals surface area contributed by atoms with Crippen LogP contribution in [0.2, 0.25) is 0 Å². The molecule has 1 aromatic heterocycles. The lowest BCUT2D eigenvalue weighted by Crippen LogP contribution is -2.26. The summed E-state index contributed by atoms with van der Waals surface area (Å²) in [5, 5.41) is 17.7. The highest BCUT2D eigenvalue weighted by Gasteiger charge is 2.10. The number of hydrogen-bond donors (Lipinski definition) is 1. The van der Waals surface area contributed by atoms with Crippen molar-refractivity contribution in [2.75, 3.05) is 6.54 Å². The number of benzene rings is 1. The van der Waals surface area contributed by atoms with Crippen molar-refractivity contribution in [1.82, 2.24) is 20.1 Å². The molecule has 2 rings (SSSR count). The Kier molecular flexibility index (Phi) is 6.55. The number of carbonyl (C=O) groups is 1. The molecule has 0 bridgehead atoms. The van der Waals surface area contributed by atoms with Gasteiger partial charge in [-0.25, -0.2) is 0 Å². The second kappa shape index (κ2) is 9.07. The van der Waals surface area contributed by atoms with Crippen LogP contribution in [0.4, 0.5) is 5.69 Å². The van der Waals surface area contributed by atoms with Crippen LogP contribution in [-0.4, -0.2) is 27.2 Å². The predicted octanol–water partition coefficient (Wildman–Crippen LogP) is 3.58. The molecule has 0 saturated carbocycles. The maximum atomic E-state index is 12.4. The van der Waals surface area contributed by atoms with Crippen LogP contribution in [-0.2, 0) is 13.0 Å². The Morgan fingerprint density at radius 1 is 1.31 bits per heavy atom. The van der Waals surface area contributed by atoms with Gasteiger partial charge in [0.1, 0.15) is 12.2 Å². The van der Waals surface area contributed by atoms with Crippen LogP contribution in [0.3, 0.4) is 0 Å². The second-order valence-electron chi connectivity index (χ2n) is 5.72. The molecule has 1 heterocycles. The first-order valence-electron chi connectivity index (χ1n) is 7.91. The maximum absolute atomic E-state index is 12.4. The molecule has 0 aliphatic rings. The molecule has 0 radical (unpaired) electrons. The van der Waals surface area contributed by atoms with Crippen molar-refractivity contribution >= 4 is 11.6 Å². The van der Waals surface area contributed by atoms with Gasteiger partial charge >= 0.3 is 0 Å². The molecule has 11 nitrogen and oxygen atoms in total. The van der Waals surface area contributed by atoms with Gasteiger partial charge in [-0.2, -0.15) is 0 Å². The van der Waals surface area contributed by atoms with Crippen LogP contribution in [0.1, 0.15) is 41.6 Å². The van der Waals surface area contributed by atoms with Crippen molar-refractivity contribution in [2.45, 2.75) is 32.9 Å². The first-order chi connectivity index (χ1) is 12.5. The molecule has 0 atom stereocenters. The minimum absolute atomic E-state index is 0.0586. The summed E-state index contributed by atoms with van der Waals surface area (Å²) in [4.78, 5) is 17.8. The fourth-order valence-electron chi connectivity index (χ4n) is 2.39. The highest BCUT2D eigenvalue weighted by Crippen LogP contribution is 2.19. The van der Waals surface area contributed by atoms with E-state index in [0.717, 1.165) is 5.82 Å². The number of azide groups is 2. The number of nitrogens with zero attached hydrogens (tertiary/aromatic N) is 9. The van der Waals surface area contributed by atoms with Crippen molar-refractivity contribution < 1.29 is 4.79 Å². The summed E-state index contributed by atoms with van der Waals surface area (Å²) in [7, 11) is 0. The largest absolute Gasteiger partial charge is 0.352 e. The van der Waals surface area contributed by atoms with Crippen LogP contribution < -0.4 is 5.32 Å². The van der Waals surface area contributed by atoms with E-state index in [0.29, 0.717) is 24.1 Å². The first-order valence-corrected chi connectivity index (χ1v) is 7.91. The Morgan fingerprint density at radius 3 is 2.81 bits per heavy atom. The molecule has 0 unspecified atom stereocenters. The molecule has 0 spiro atoms. The van der Waals surface area contributed by atoms with Gasteiger partial charge in [0.25, 0.3) is 5.91 Å². The normalized spacial score (nSPS) is 10.1. The molecule has 0 saturated heterocycles. The number of nitrogens with one attached hydrogen (secondary N) is 1. The Balaban J connectivity index is 2.08. The van der Waals surface area contributed by atoms with Gasteiger partial charge in [-0.05, 0) is 48.7 Å². The number of amides is 1. The van der Waals surface area contributed by atoms with Gasteiger partial charge in [-0.15, -0.1) is 10.2 Å². The van der Waals surface area contributed by atoms with E-state index >= 15 is 0 Å². The molecular weight excluding hydrogens is 336 g/mol. The topological polar surface area (TPSA) is 157 Å². The quantitative estimate of drug-likeness (QED) is 0.437. The molecule has 2 aromatic rings. The third-order valence-electron chi connectivity index (χ3n) is 3.55. The average Bonchev–Trinajstić information content (AvgIpc) is 3.09. The Morgan fingerprint density at radius 2 is 2.12 bits per heavy atom. The molecule has 26 heavy (non-hydrogen) atoms. The van der Waals surface area contributed by atoms with Crippen LogP contribution in [0.5, 0.6) is 0 Å². The van der Waals surface area contributed by atoms with E-state index < -0.39 is 0 Å². The zero-order chi connectivity index (χ0) is 18.9. The lowest BCUT2D eigenvalue weighted by atomic mass is 10.1. The summed E-state index contributed by atoms with van der Waals surface area (Å²) < 4.78 is 1.94. The zero-order valence-electron chi connectivity index (χ0n) is 14.4. The first kappa shape index (κ1) is 18.8. The monoisotopic (exact) mass is 354 g/mol. The van der Waals surface area contributed by atoms with Crippen molar-refractivity contribution in [3.63, 3.8) is 0 Å². The van der Waals surface area contributed by atoms with Crippen molar-refractivity contribution in [3.8, 4) is 0 Å². The van der Waals surface area contributed by atoms with E-state index in [1.165, 1.54) is 6.07 Å². The minimum Gasteiger partial charge on any atom is -0.352 e.